The summed E-state index contributed by atoms with van der Waals surface area (Å²) in [7, 11) is 0. The van der Waals surface area contributed by atoms with Gasteiger partial charge in [-0.15, -0.1) is 22.7 Å². The predicted octanol–water partition coefficient (Wildman–Crippen LogP) is 4.60. The van der Waals surface area contributed by atoms with Crippen molar-refractivity contribution in [2.75, 3.05) is 5.32 Å². The summed E-state index contributed by atoms with van der Waals surface area (Å²) in [5.74, 6) is 1.20. The zero-order valence-corrected chi connectivity index (χ0v) is 15.5. The van der Waals surface area contributed by atoms with E-state index in [1.165, 1.54) is 22.7 Å². The molecule has 3 rings (SSSR count). The third-order valence-corrected chi connectivity index (χ3v) is 5.15. The summed E-state index contributed by atoms with van der Waals surface area (Å²) in [5.41, 5.74) is 0.811. The van der Waals surface area contributed by atoms with E-state index in [9.17, 15) is 4.79 Å². The lowest BCUT2D eigenvalue weighted by Gasteiger charge is -1.99. The molecule has 0 fully saturated rings. The number of carbonyl (C=O) groups is 1. The Hall–Kier alpha value is -1.77. The third-order valence-electron chi connectivity index (χ3n) is 3.14. The maximum atomic E-state index is 12.0. The summed E-state index contributed by atoms with van der Waals surface area (Å²) < 4.78 is 5.84. The minimum atomic E-state index is -0.135. The molecular formula is C15H15ClN4O2S2. The zero-order valence-electron chi connectivity index (χ0n) is 13.1. The van der Waals surface area contributed by atoms with Gasteiger partial charge in [-0.05, 0) is 12.1 Å². The summed E-state index contributed by atoms with van der Waals surface area (Å²) in [6.45, 7) is 3.98. The number of aryl methyl sites for hydroxylation is 1. The van der Waals surface area contributed by atoms with Crippen molar-refractivity contribution in [3.05, 3.63) is 33.6 Å². The number of rotatable bonds is 6. The second kappa shape index (κ2) is 7.42. The maximum Gasteiger partial charge on any atom is 0.227 e. The number of anilines is 1. The fourth-order valence-corrected chi connectivity index (χ4v) is 3.71. The van der Waals surface area contributed by atoms with Gasteiger partial charge in [-0.2, -0.15) is 4.98 Å². The van der Waals surface area contributed by atoms with Crippen molar-refractivity contribution in [1.82, 2.24) is 15.1 Å². The lowest BCUT2D eigenvalue weighted by Crippen LogP contribution is -2.12. The Bertz CT molecular complexity index is 840. The van der Waals surface area contributed by atoms with Crippen LogP contribution in [0, 0.1) is 0 Å². The predicted molar refractivity (Wildman–Crippen MR) is 95.8 cm³/mol. The molecule has 3 heterocycles. The van der Waals surface area contributed by atoms with Crippen molar-refractivity contribution in [3.63, 3.8) is 0 Å². The average molecular weight is 383 g/mol. The van der Waals surface area contributed by atoms with Crippen LogP contribution in [0.2, 0.25) is 4.34 Å². The van der Waals surface area contributed by atoms with Crippen LogP contribution >= 0.6 is 34.3 Å². The lowest BCUT2D eigenvalue weighted by atomic mass is 10.2. The van der Waals surface area contributed by atoms with Gasteiger partial charge in [-0.1, -0.05) is 30.6 Å². The van der Waals surface area contributed by atoms with Gasteiger partial charge >= 0.3 is 0 Å². The Labute approximate surface area is 151 Å². The molecule has 24 heavy (non-hydrogen) atoms. The molecule has 0 saturated heterocycles. The van der Waals surface area contributed by atoms with Gasteiger partial charge in [-0.3, -0.25) is 4.79 Å². The molecule has 1 amide bonds. The minimum absolute atomic E-state index is 0.135. The number of thiazole rings is 1. The van der Waals surface area contributed by atoms with Crippen LogP contribution in [0.15, 0.2) is 22.0 Å². The van der Waals surface area contributed by atoms with Gasteiger partial charge in [0, 0.05) is 24.1 Å². The highest BCUT2D eigenvalue weighted by atomic mass is 35.5. The van der Waals surface area contributed by atoms with Gasteiger partial charge in [0.25, 0.3) is 0 Å². The lowest BCUT2D eigenvalue weighted by molar-refractivity contribution is -0.116. The van der Waals surface area contributed by atoms with Gasteiger partial charge in [0.1, 0.15) is 0 Å². The van der Waals surface area contributed by atoms with Crippen LogP contribution in [0.5, 0.6) is 0 Å². The number of hydrogen-bond donors (Lipinski definition) is 1. The van der Waals surface area contributed by atoms with Crippen LogP contribution in [0.3, 0.4) is 0 Å². The molecule has 3 aromatic heterocycles. The molecule has 6 nitrogen and oxygen atoms in total. The molecule has 0 aliphatic heterocycles. The van der Waals surface area contributed by atoms with Crippen molar-refractivity contribution in [3.8, 4) is 10.6 Å². The van der Waals surface area contributed by atoms with Gasteiger partial charge < -0.3 is 9.84 Å². The molecule has 3 aromatic rings. The van der Waals surface area contributed by atoms with E-state index in [2.05, 4.69) is 20.4 Å². The topological polar surface area (TPSA) is 80.9 Å². The van der Waals surface area contributed by atoms with E-state index >= 15 is 0 Å². The molecule has 0 atom stereocenters. The Kier molecular flexibility index (Phi) is 5.27. The zero-order chi connectivity index (χ0) is 17.1. The summed E-state index contributed by atoms with van der Waals surface area (Å²) >= 11 is 8.76. The van der Waals surface area contributed by atoms with Gasteiger partial charge in [0.2, 0.25) is 11.8 Å². The SMILES string of the molecule is CC(C)c1noc(CCC(=O)Nc2nc(-c3ccc(Cl)s3)cs2)n1. The Morgan fingerprint density at radius 1 is 1.38 bits per heavy atom. The van der Waals surface area contributed by atoms with Crippen LogP contribution < -0.4 is 5.32 Å². The molecule has 0 saturated carbocycles. The van der Waals surface area contributed by atoms with Crippen molar-refractivity contribution in [2.45, 2.75) is 32.6 Å². The summed E-state index contributed by atoms with van der Waals surface area (Å²) in [4.78, 5) is 21.7. The second-order valence-electron chi connectivity index (χ2n) is 5.39. The fraction of sp³-hybridized carbons (Fsp3) is 0.333. The Morgan fingerprint density at radius 3 is 2.88 bits per heavy atom. The first-order valence-corrected chi connectivity index (χ1v) is 9.42. The first kappa shape index (κ1) is 17.1. The number of halogens is 1. The second-order valence-corrected chi connectivity index (χ2v) is 7.96. The molecule has 0 radical (unpaired) electrons. The van der Waals surface area contributed by atoms with E-state index in [1.54, 1.807) is 0 Å². The van der Waals surface area contributed by atoms with Crippen molar-refractivity contribution < 1.29 is 9.32 Å². The number of carbonyl (C=O) groups excluding carboxylic acids is 1. The van der Waals surface area contributed by atoms with Crippen LogP contribution in [0.25, 0.3) is 10.6 Å². The monoisotopic (exact) mass is 382 g/mol. The number of thiophene rings is 1. The van der Waals surface area contributed by atoms with E-state index in [-0.39, 0.29) is 18.2 Å². The number of nitrogens with zero attached hydrogens (tertiary/aromatic N) is 3. The van der Waals surface area contributed by atoms with E-state index in [0.717, 1.165) is 10.6 Å². The average Bonchev–Trinajstić information content (AvgIpc) is 3.25. The highest BCUT2D eigenvalue weighted by molar-refractivity contribution is 7.20. The van der Waals surface area contributed by atoms with Crippen LogP contribution in [0.1, 0.15) is 37.9 Å². The smallest absolute Gasteiger partial charge is 0.227 e. The fourth-order valence-electron chi connectivity index (χ4n) is 1.90. The maximum absolute atomic E-state index is 12.0. The quantitative estimate of drug-likeness (QED) is 0.673. The highest BCUT2D eigenvalue weighted by Crippen LogP contribution is 2.32. The van der Waals surface area contributed by atoms with E-state index in [1.807, 2.05) is 31.4 Å². The highest BCUT2D eigenvalue weighted by Gasteiger charge is 2.13. The number of amides is 1. The Balaban J connectivity index is 1.54. The standard InChI is InChI=1S/C15H15ClN4O2S2/c1-8(2)14-19-13(22-20-14)6-5-12(21)18-15-17-9(7-23-15)10-3-4-11(16)24-10/h3-4,7-8H,5-6H2,1-2H3,(H,17,18,21). The van der Waals surface area contributed by atoms with Gasteiger partial charge in [0.15, 0.2) is 11.0 Å². The number of aromatic nitrogens is 3. The van der Waals surface area contributed by atoms with Crippen molar-refractivity contribution >= 4 is 45.3 Å². The van der Waals surface area contributed by atoms with Crippen molar-refractivity contribution in [2.24, 2.45) is 0 Å². The normalized spacial score (nSPS) is 11.2. The molecule has 0 aliphatic rings. The first-order valence-electron chi connectivity index (χ1n) is 7.35. The van der Waals surface area contributed by atoms with Gasteiger partial charge in [-0.25, -0.2) is 4.98 Å². The molecule has 0 bridgehead atoms. The van der Waals surface area contributed by atoms with E-state index in [0.29, 0.717) is 27.6 Å². The number of nitrogens with one attached hydrogen (secondary N) is 1. The van der Waals surface area contributed by atoms with Gasteiger partial charge in [0.05, 0.1) is 14.9 Å². The van der Waals surface area contributed by atoms with E-state index < -0.39 is 0 Å². The summed E-state index contributed by atoms with van der Waals surface area (Å²) in [6, 6.07) is 3.74. The summed E-state index contributed by atoms with van der Waals surface area (Å²) in [5, 5.41) is 9.12. The molecule has 0 aliphatic carbocycles. The largest absolute Gasteiger partial charge is 0.339 e. The van der Waals surface area contributed by atoms with Crippen LogP contribution in [0.4, 0.5) is 5.13 Å². The first-order chi connectivity index (χ1) is 11.5. The van der Waals surface area contributed by atoms with E-state index in [4.69, 9.17) is 16.1 Å². The minimum Gasteiger partial charge on any atom is -0.339 e. The third kappa shape index (κ3) is 4.19. The number of hydrogen-bond acceptors (Lipinski definition) is 7. The molecule has 0 unspecified atom stereocenters. The summed E-state index contributed by atoms with van der Waals surface area (Å²) in [6.07, 6.45) is 0.670. The Morgan fingerprint density at radius 2 is 2.21 bits per heavy atom. The van der Waals surface area contributed by atoms with Crippen molar-refractivity contribution in [1.29, 1.82) is 0 Å². The molecule has 126 valence electrons. The van der Waals surface area contributed by atoms with Crippen LogP contribution in [-0.4, -0.2) is 21.0 Å². The molecular weight excluding hydrogens is 368 g/mol. The molecule has 0 aromatic carbocycles. The van der Waals surface area contributed by atoms with Crippen LogP contribution in [-0.2, 0) is 11.2 Å². The molecule has 1 N–H and O–H groups in total. The molecule has 9 heteroatoms. The molecule has 0 spiro atoms.